The second-order valence-corrected chi connectivity index (χ2v) is 5.89. The molecular weight excluding hydrogens is 479 g/mol. The molecule has 0 aromatic heterocycles. The fourth-order valence-electron chi connectivity index (χ4n) is 2.60. The van der Waals surface area contributed by atoms with Gasteiger partial charge in [-0.3, -0.25) is 4.99 Å². The monoisotopic (exact) mass is 505 g/mol. The number of hydrogen-bond acceptors (Lipinski definition) is 3. The number of alkyl halides is 2. The molecule has 0 fully saturated rings. The minimum Gasteiger partial charge on any atom is -0.493 e. The number of guanidine groups is 1. The molecule has 0 unspecified atom stereocenters. The summed E-state index contributed by atoms with van der Waals surface area (Å²) in [5.74, 6) is 0.991. The van der Waals surface area contributed by atoms with Crippen LogP contribution in [-0.4, -0.2) is 33.3 Å². The zero-order chi connectivity index (χ0) is 19.6. The molecule has 2 aromatic rings. The molecule has 0 saturated carbocycles. The fourth-order valence-corrected chi connectivity index (χ4v) is 2.60. The summed E-state index contributed by atoms with van der Waals surface area (Å²) in [6.07, 6.45) is 0.620. The van der Waals surface area contributed by atoms with Gasteiger partial charge in [0.15, 0.2) is 17.5 Å². The average Bonchev–Trinajstić information content (AvgIpc) is 2.65. The minimum atomic E-state index is -2.89. The van der Waals surface area contributed by atoms with Crippen molar-refractivity contribution in [2.75, 3.05) is 20.7 Å². The Morgan fingerprint density at radius 1 is 1.11 bits per heavy atom. The SMILES string of the molecule is CN=C(NCCc1ccc(OC)c(OC(F)F)c1)NCc1ccccc1C.I. The predicted molar refractivity (Wildman–Crippen MR) is 118 cm³/mol. The number of aliphatic imine (C=N–C) groups is 1. The fraction of sp³-hybridized carbons (Fsp3) is 0.350. The second-order valence-electron chi connectivity index (χ2n) is 5.89. The molecule has 0 saturated heterocycles. The largest absolute Gasteiger partial charge is 0.493 e. The highest BCUT2D eigenvalue weighted by atomic mass is 127. The van der Waals surface area contributed by atoms with Crippen molar-refractivity contribution in [3.05, 3.63) is 59.2 Å². The number of rotatable bonds is 8. The van der Waals surface area contributed by atoms with Crippen molar-refractivity contribution in [2.45, 2.75) is 26.5 Å². The number of aryl methyl sites for hydroxylation is 1. The summed E-state index contributed by atoms with van der Waals surface area (Å²) in [5.41, 5.74) is 3.27. The van der Waals surface area contributed by atoms with Crippen LogP contribution in [0.15, 0.2) is 47.5 Å². The van der Waals surface area contributed by atoms with Crippen molar-refractivity contribution < 1.29 is 18.3 Å². The maximum Gasteiger partial charge on any atom is 0.387 e. The van der Waals surface area contributed by atoms with E-state index in [1.54, 1.807) is 19.2 Å². The molecule has 2 N–H and O–H groups in total. The van der Waals surface area contributed by atoms with Gasteiger partial charge < -0.3 is 20.1 Å². The first-order valence-corrected chi connectivity index (χ1v) is 8.64. The Labute approximate surface area is 181 Å². The Hall–Kier alpha value is -2.10. The lowest BCUT2D eigenvalue weighted by Crippen LogP contribution is -2.38. The predicted octanol–water partition coefficient (Wildman–Crippen LogP) is 4.13. The molecule has 154 valence electrons. The molecular formula is C20H26F2IN3O2. The highest BCUT2D eigenvalue weighted by molar-refractivity contribution is 14.0. The van der Waals surface area contributed by atoms with Gasteiger partial charge in [0.25, 0.3) is 0 Å². The first-order valence-electron chi connectivity index (χ1n) is 8.64. The summed E-state index contributed by atoms with van der Waals surface area (Å²) in [5, 5.41) is 6.48. The first-order chi connectivity index (χ1) is 13.0. The van der Waals surface area contributed by atoms with Crippen LogP contribution in [0.4, 0.5) is 8.78 Å². The van der Waals surface area contributed by atoms with Crippen molar-refractivity contribution >= 4 is 29.9 Å². The van der Waals surface area contributed by atoms with Crippen molar-refractivity contribution in [3.63, 3.8) is 0 Å². The van der Waals surface area contributed by atoms with Crippen LogP contribution in [-0.2, 0) is 13.0 Å². The third-order valence-electron chi connectivity index (χ3n) is 4.08. The topological polar surface area (TPSA) is 54.9 Å². The van der Waals surface area contributed by atoms with Crippen LogP contribution in [0.1, 0.15) is 16.7 Å². The van der Waals surface area contributed by atoms with Crippen LogP contribution in [0.3, 0.4) is 0 Å². The molecule has 5 nitrogen and oxygen atoms in total. The standard InChI is InChI=1S/C20H25F2N3O2.HI/c1-14-6-4-5-7-16(14)13-25-20(23-2)24-11-10-15-8-9-17(26-3)18(12-15)27-19(21)22;/h4-9,12,19H,10-11,13H2,1-3H3,(H2,23,24,25);1H. The van der Waals surface area contributed by atoms with Crippen LogP contribution in [0.25, 0.3) is 0 Å². The number of halogens is 3. The lowest BCUT2D eigenvalue weighted by Gasteiger charge is -2.14. The average molecular weight is 505 g/mol. The van der Waals surface area contributed by atoms with E-state index < -0.39 is 6.61 Å². The summed E-state index contributed by atoms with van der Waals surface area (Å²) in [7, 11) is 3.12. The molecule has 8 heteroatoms. The second kappa shape index (κ2) is 12.4. The van der Waals surface area contributed by atoms with E-state index in [4.69, 9.17) is 4.74 Å². The van der Waals surface area contributed by atoms with Crippen molar-refractivity contribution in [2.24, 2.45) is 4.99 Å². The van der Waals surface area contributed by atoms with Gasteiger partial charge in [0.05, 0.1) is 7.11 Å². The summed E-state index contributed by atoms with van der Waals surface area (Å²) >= 11 is 0. The van der Waals surface area contributed by atoms with E-state index >= 15 is 0 Å². The first kappa shape index (κ1) is 23.9. The molecule has 0 spiro atoms. The van der Waals surface area contributed by atoms with Crippen LogP contribution in [0.5, 0.6) is 11.5 Å². The summed E-state index contributed by atoms with van der Waals surface area (Å²) in [4.78, 5) is 4.20. The van der Waals surface area contributed by atoms with E-state index in [1.807, 2.05) is 18.2 Å². The number of nitrogens with one attached hydrogen (secondary N) is 2. The van der Waals surface area contributed by atoms with E-state index in [9.17, 15) is 8.78 Å². The van der Waals surface area contributed by atoms with Crippen LogP contribution < -0.4 is 20.1 Å². The minimum absolute atomic E-state index is 0. The highest BCUT2D eigenvalue weighted by Crippen LogP contribution is 2.29. The highest BCUT2D eigenvalue weighted by Gasteiger charge is 2.11. The summed E-state index contributed by atoms with van der Waals surface area (Å²) in [6, 6.07) is 13.2. The smallest absolute Gasteiger partial charge is 0.387 e. The molecule has 0 amide bonds. The van der Waals surface area contributed by atoms with Crippen LogP contribution in [0.2, 0.25) is 0 Å². The third-order valence-corrected chi connectivity index (χ3v) is 4.08. The zero-order valence-electron chi connectivity index (χ0n) is 16.2. The molecule has 0 bridgehead atoms. The summed E-state index contributed by atoms with van der Waals surface area (Å²) < 4.78 is 34.6. The Kier molecular flexibility index (Phi) is 10.6. The maximum absolute atomic E-state index is 12.5. The molecule has 28 heavy (non-hydrogen) atoms. The Morgan fingerprint density at radius 3 is 2.50 bits per heavy atom. The number of methoxy groups -OCH3 is 1. The molecule has 0 aliphatic heterocycles. The van der Waals surface area contributed by atoms with Gasteiger partial charge in [-0.05, 0) is 42.2 Å². The number of ether oxygens (including phenoxy) is 2. The Morgan fingerprint density at radius 2 is 1.86 bits per heavy atom. The summed E-state index contributed by atoms with van der Waals surface area (Å²) in [6.45, 7) is 0.433. The van der Waals surface area contributed by atoms with Crippen molar-refractivity contribution in [1.29, 1.82) is 0 Å². The van der Waals surface area contributed by atoms with E-state index in [2.05, 4.69) is 39.4 Å². The Balaban J connectivity index is 0.00000392. The van der Waals surface area contributed by atoms with E-state index in [0.717, 1.165) is 5.56 Å². The molecule has 0 heterocycles. The Bertz CT molecular complexity index is 773. The number of hydrogen-bond donors (Lipinski definition) is 2. The molecule has 0 radical (unpaired) electrons. The van der Waals surface area contributed by atoms with Crippen molar-refractivity contribution in [1.82, 2.24) is 10.6 Å². The van der Waals surface area contributed by atoms with Gasteiger partial charge in [0.1, 0.15) is 0 Å². The van der Waals surface area contributed by atoms with E-state index in [-0.39, 0.29) is 35.5 Å². The van der Waals surface area contributed by atoms with Gasteiger partial charge in [-0.25, -0.2) is 0 Å². The number of nitrogens with zero attached hydrogens (tertiary/aromatic N) is 1. The maximum atomic E-state index is 12.5. The van der Waals surface area contributed by atoms with Gasteiger partial charge in [0.2, 0.25) is 0 Å². The van der Waals surface area contributed by atoms with Gasteiger partial charge in [0, 0.05) is 20.1 Å². The van der Waals surface area contributed by atoms with Gasteiger partial charge in [-0.1, -0.05) is 30.3 Å². The molecule has 0 aliphatic rings. The molecule has 0 atom stereocenters. The molecule has 2 rings (SSSR count). The lowest BCUT2D eigenvalue weighted by atomic mass is 10.1. The van der Waals surface area contributed by atoms with Crippen LogP contribution in [0, 0.1) is 6.92 Å². The van der Waals surface area contributed by atoms with Gasteiger partial charge in [-0.15, -0.1) is 24.0 Å². The lowest BCUT2D eigenvalue weighted by molar-refractivity contribution is -0.0512. The zero-order valence-corrected chi connectivity index (χ0v) is 18.5. The number of benzene rings is 2. The normalized spacial score (nSPS) is 11.0. The van der Waals surface area contributed by atoms with E-state index in [1.165, 1.54) is 18.2 Å². The molecule has 2 aromatic carbocycles. The molecule has 0 aliphatic carbocycles. The van der Waals surface area contributed by atoms with E-state index in [0.29, 0.717) is 25.5 Å². The van der Waals surface area contributed by atoms with Gasteiger partial charge >= 0.3 is 6.61 Å². The quantitative estimate of drug-likeness (QED) is 0.322. The van der Waals surface area contributed by atoms with Crippen LogP contribution >= 0.6 is 24.0 Å². The van der Waals surface area contributed by atoms with Gasteiger partial charge in [-0.2, -0.15) is 8.78 Å². The van der Waals surface area contributed by atoms with Crippen molar-refractivity contribution in [3.8, 4) is 11.5 Å². The third kappa shape index (κ3) is 7.49.